The number of hydrogen-bond acceptors (Lipinski definition) is 3. The van der Waals surface area contributed by atoms with Crippen LogP contribution < -0.4 is 5.32 Å². The smallest absolute Gasteiger partial charge is 0.239 e. The Balaban J connectivity index is 2.14. The van der Waals surface area contributed by atoms with E-state index in [1.54, 1.807) is 0 Å². The maximum Gasteiger partial charge on any atom is 0.239 e. The highest BCUT2D eigenvalue weighted by Crippen LogP contribution is 2.20. The molecule has 1 aromatic heterocycles. The Morgan fingerprint density at radius 3 is 3.00 bits per heavy atom. The second kappa shape index (κ2) is 6.03. The van der Waals surface area contributed by atoms with Crippen LogP contribution in [0.4, 0.5) is 0 Å². The number of aromatic nitrogens is 1. The molecule has 5 nitrogen and oxygen atoms in total. The van der Waals surface area contributed by atoms with Crippen molar-refractivity contribution in [3.63, 3.8) is 0 Å². The van der Waals surface area contributed by atoms with Crippen molar-refractivity contribution in [2.24, 2.45) is 0 Å². The number of nitrogens with zero attached hydrogens (tertiary/aromatic N) is 2. The lowest BCUT2D eigenvalue weighted by molar-refractivity contribution is -0.121. The Hall–Kier alpha value is -2.32. The molecule has 0 aliphatic heterocycles. The van der Waals surface area contributed by atoms with Gasteiger partial charge in [0.15, 0.2) is 0 Å². The molecule has 0 aliphatic rings. The Morgan fingerprint density at radius 2 is 2.26 bits per heavy atom. The van der Waals surface area contributed by atoms with Crippen molar-refractivity contribution >= 4 is 16.8 Å². The molecule has 5 heteroatoms. The average molecular weight is 257 g/mol. The van der Waals surface area contributed by atoms with E-state index in [1.807, 2.05) is 41.1 Å². The van der Waals surface area contributed by atoms with Crippen LogP contribution in [0.3, 0.4) is 0 Å². The van der Waals surface area contributed by atoms with Gasteiger partial charge in [-0.25, -0.2) is 0 Å². The van der Waals surface area contributed by atoms with Crippen LogP contribution in [0.15, 0.2) is 30.5 Å². The van der Waals surface area contributed by atoms with Gasteiger partial charge in [-0.05, 0) is 17.7 Å². The summed E-state index contributed by atoms with van der Waals surface area (Å²) in [4.78, 5) is 11.7. The van der Waals surface area contributed by atoms with Gasteiger partial charge >= 0.3 is 0 Å². The number of nitrogens with one attached hydrogen (secondary N) is 1. The molecule has 98 valence electrons. The SMILES string of the molecule is N#CCCNC(=O)Cn1ccc2c(CO)cccc21. The minimum atomic E-state index is -0.123. The molecule has 2 aromatic rings. The average Bonchev–Trinajstić information content (AvgIpc) is 2.82. The maximum atomic E-state index is 11.7. The van der Waals surface area contributed by atoms with E-state index in [9.17, 15) is 9.90 Å². The fourth-order valence-corrected chi connectivity index (χ4v) is 2.03. The lowest BCUT2D eigenvalue weighted by atomic mass is 10.1. The zero-order valence-corrected chi connectivity index (χ0v) is 10.5. The first-order valence-corrected chi connectivity index (χ1v) is 6.07. The summed E-state index contributed by atoms with van der Waals surface area (Å²) in [5, 5.41) is 21.3. The molecule has 0 atom stereocenters. The Morgan fingerprint density at radius 1 is 1.42 bits per heavy atom. The van der Waals surface area contributed by atoms with Crippen LogP contribution in [0, 0.1) is 11.3 Å². The van der Waals surface area contributed by atoms with Gasteiger partial charge in [0.05, 0.1) is 19.1 Å². The van der Waals surface area contributed by atoms with Crippen molar-refractivity contribution in [3.8, 4) is 6.07 Å². The van der Waals surface area contributed by atoms with Crippen molar-refractivity contribution in [2.75, 3.05) is 6.54 Å². The van der Waals surface area contributed by atoms with Gasteiger partial charge in [0, 0.05) is 23.6 Å². The summed E-state index contributed by atoms with van der Waals surface area (Å²) < 4.78 is 1.83. The molecule has 0 saturated heterocycles. The predicted octanol–water partition coefficient (Wildman–Crippen LogP) is 1.16. The van der Waals surface area contributed by atoms with Gasteiger partial charge in [0.1, 0.15) is 6.54 Å². The first-order chi connectivity index (χ1) is 9.26. The van der Waals surface area contributed by atoms with Crippen molar-refractivity contribution in [3.05, 3.63) is 36.0 Å². The monoisotopic (exact) mass is 257 g/mol. The fraction of sp³-hybridized carbons (Fsp3) is 0.286. The number of aliphatic hydroxyl groups excluding tert-OH is 1. The molecule has 0 spiro atoms. The van der Waals surface area contributed by atoms with E-state index < -0.39 is 0 Å². The lowest BCUT2D eigenvalue weighted by Crippen LogP contribution is -2.27. The van der Waals surface area contributed by atoms with Crippen molar-refractivity contribution < 1.29 is 9.90 Å². The Bertz CT molecular complexity index is 625. The Labute approximate surface area is 111 Å². The molecule has 2 rings (SSSR count). The molecule has 0 radical (unpaired) electrons. The van der Waals surface area contributed by atoms with Crippen LogP contribution in [0.1, 0.15) is 12.0 Å². The number of carbonyl (C=O) groups excluding carboxylic acids is 1. The molecule has 2 N–H and O–H groups in total. The summed E-state index contributed by atoms with van der Waals surface area (Å²) in [6, 6.07) is 9.50. The quantitative estimate of drug-likeness (QED) is 0.789. The van der Waals surface area contributed by atoms with E-state index in [0.29, 0.717) is 13.0 Å². The number of hydrogen-bond donors (Lipinski definition) is 2. The third-order valence-electron chi connectivity index (χ3n) is 2.95. The molecule has 19 heavy (non-hydrogen) atoms. The molecule has 0 fully saturated rings. The number of nitriles is 1. The summed E-state index contributed by atoms with van der Waals surface area (Å²) in [6.45, 7) is 0.565. The van der Waals surface area contributed by atoms with Gasteiger partial charge in [-0.3, -0.25) is 4.79 Å². The molecule has 1 amide bonds. The molecule has 1 aromatic carbocycles. The van der Waals surface area contributed by atoms with Crippen LogP contribution in [0.25, 0.3) is 10.9 Å². The van der Waals surface area contributed by atoms with Gasteiger partial charge in [-0.15, -0.1) is 0 Å². The Kier molecular flexibility index (Phi) is 4.16. The summed E-state index contributed by atoms with van der Waals surface area (Å²) >= 11 is 0. The highest BCUT2D eigenvalue weighted by Gasteiger charge is 2.07. The number of fused-ring (bicyclic) bond motifs is 1. The normalized spacial score (nSPS) is 10.3. The van der Waals surface area contributed by atoms with Crippen LogP contribution in [-0.2, 0) is 17.9 Å². The summed E-state index contributed by atoms with van der Waals surface area (Å²) in [7, 11) is 0. The number of benzene rings is 1. The van der Waals surface area contributed by atoms with E-state index in [0.717, 1.165) is 16.5 Å². The highest BCUT2D eigenvalue weighted by atomic mass is 16.3. The van der Waals surface area contributed by atoms with E-state index in [-0.39, 0.29) is 19.1 Å². The highest BCUT2D eigenvalue weighted by molar-refractivity contribution is 5.85. The third-order valence-corrected chi connectivity index (χ3v) is 2.95. The zero-order chi connectivity index (χ0) is 13.7. The van der Waals surface area contributed by atoms with Gasteiger partial charge in [-0.1, -0.05) is 12.1 Å². The number of rotatable bonds is 5. The predicted molar refractivity (Wildman–Crippen MR) is 71.1 cm³/mol. The van der Waals surface area contributed by atoms with Gasteiger partial charge in [-0.2, -0.15) is 5.26 Å². The van der Waals surface area contributed by atoms with E-state index in [1.165, 1.54) is 0 Å². The fourth-order valence-electron chi connectivity index (χ4n) is 2.03. The van der Waals surface area contributed by atoms with E-state index in [4.69, 9.17) is 5.26 Å². The lowest BCUT2D eigenvalue weighted by Gasteiger charge is -2.06. The summed E-state index contributed by atoms with van der Waals surface area (Å²) in [6.07, 6.45) is 2.14. The van der Waals surface area contributed by atoms with Gasteiger partial charge in [0.25, 0.3) is 0 Å². The van der Waals surface area contributed by atoms with Gasteiger partial charge in [0.2, 0.25) is 5.91 Å². The van der Waals surface area contributed by atoms with Crippen LogP contribution in [0.2, 0.25) is 0 Å². The molecule has 0 aliphatic carbocycles. The second-order valence-corrected chi connectivity index (χ2v) is 4.21. The summed E-state index contributed by atoms with van der Waals surface area (Å²) in [5.74, 6) is -0.123. The van der Waals surface area contributed by atoms with E-state index in [2.05, 4.69) is 5.32 Å². The van der Waals surface area contributed by atoms with Crippen molar-refractivity contribution in [2.45, 2.75) is 19.6 Å². The minimum absolute atomic E-state index is 0.0181. The number of aliphatic hydroxyl groups is 1. The summed E-state index contributed by atoms with van der Waals surface area (Å²) in [5.41, 5.74) is 1.77. The largest absolute Gasteiger partial charge is 0.392 e. The van der Waals surface area contributed by atoms with Crippen LogP contribution in [-0.4, -0.2) is 22.1 Å². The minimum Gasteiger partial charge on any atom is -0.392 e. The molecule has 1 heterocycles. The molecule has 0 bridgehead atoms. The second-order valence-electron chi connectivity index (χ2n) is 4.21. The number of amides is 1. The first kappa shape index (κ1) is 13.1. The van der Waals surface area contributed by atoms with Crippen LogP contribution in [0.5, 0.6) is 0 Å². The number of carbonyl (C=O) groups is 1. The molecule has 0 saturated carbocycles. The van der Waals surface area contributed by atoms with Crippen LogP contribution >= 0.6 is 0 Å². The molecular weight excluding hydrogens is 242 g/mol. The maximum absolute atomic E-state index is 11.7. The standard InChI is InChI=1S/C14H15N3O2/c15-6-2-7-16-14(19)9-17-8-5-12-11(10-18)3-1-4-13(12)17/h1,3-5,8,18H,2,7,9-10H2,(H,16,19). The van der Waals surface area contributed by atoms with Gasteiger partial charge < -0.3 is 15.0 Å². The molecular formula is C14H15N3O2. The van der Waals surface area contributed by atoms with Crippen molar-refractivity contribution in [1.29, 1.82) is 5.26 Å². The first-order valence-electron chi connectivity index (χ1n) is 6.07. The third kappa shape index (κ3) is 2.92. The topological polar surface area (TPSA) is 78.0 Å². The van der Waals surface area contributed by atoms with Crippen molar-refractivity contribution in [1.82, 2.24) is 9.88 Å². The van der Waals surface area contributed by atoms with E-state index >= 15 is 0 Å². The molecule has 0 unspecified atom stereocenters. The zero-order valence-electron chi connectivity index (χ0n) is 10.5.